The number of likely N-dealkylation sites (tertiary alicyclic amines) is 1. The first kappa shape index (κ1) is 11.8. The molecule has 4 nitrogen and oxygen atoms in total. The molecule has 1 saturated heterocycles. The standard InChI is InChI=1S/C12H17FN4/c13-10-5-4-6-15-11(10)9-16-12(14)17-7-2-1-3-8-17/h4-6H,1-3,7-9H2,(H2,14,16). The van der Waals surface area contributed by atoms with Crippen molar-refractivity contribution >= 4 is 5.96 Å². The second kappa shape index (κ2) is 5.61. The molecule has 0 unspecified atom stereocenters. The molecule has 2 rings (SSSR count). The molecule has 0 aliphatic carbocycles. The van der Waals surface area contributed by atoms with Crippen LogP contribution in [0.25, 0.3) is 0 Å². The summed E-state index contributed by atoms with van der Waals surface area (Å²) in [6.45, 7) is 2.09. The van der Waals surface area contributed by atoms with Gasteiger partial charge in [0.25, 0.3) is 0 Å². The van der Waals surface area contributed by atoms with Crippen molar-refractivity contribution in [1.82, 2.24) is 9.88 Å². The predicted molar refractivity (Wildman–Crippen MR) is 64.9 cm³/mol. The van der Waals surface area contributed by atoms with Crippen LogP contribution in [0, 0.1) is 5.82 Å². The molecular formula is C12H17FN4. The number of guanidine groups is 1. The van der Waals surface area contributed by atoms with E-state index in [1.807, 2.05) is 4.90 Å². The van der Waals surface area contributed by atoms with Crippen LogP contribution in [0.4, 0.5) is 4.39 Å². The van der Waals surface area contributed by atoms with Crippen molar-refractivity contribution in [3.05, 3.63) is 29.8 Å². The number of hydrogen-bond donors (Lipinski definition) is 1. The van der Waals surface area contributed by atoms with Gasteiger partial charge >= 0.3 is 0 Å². The predicted octanol–water partition coefficient (Wildman–Crippen LogP) is 1.52. The van der Waals surface area contributed by atoms with E-state index in [4.69, 9.17) is 5.73 Å². The van der Waals surface area contributed by atoms with Crippen LogP contribution in [0.5, 0.6) is 0 Å². The lowest BCUT2D eigenvalue weighted by Gasteiger charge is -2.27. The van der Waals surface area contributed by atoms with Gasteiger partial charge < -0.3 is 10.6 Å². The quantitative estimate of drug-likeness (QED) is 0.625. The molecule has 0 amide bonds. The summed E-state index contributed by atoms with van der Waals surface area (Å²) in [6, 6.07) is 2.95. The average Bonchev–Trinajstić information content (AvgIpc) is 2.38. The fraction of sp³-hybridized carbons (Fsp3) is 0.500. The Kier molecular flexibility index (Phi) is 3.90. The highest BCUT2D eigenvalue weighted by molar-refractivity contribution is 5.78. The van der Waals surface area contributed by atoms with E-state index in [2.05, 4.69) is 9.98 Å². The van der Waals surface area contributed by atoms with E-state index in [9.17, 15) is 4.39 Å². The Labute approximate surface area is 100 Å². The first-order chi connectivity index (χ1) is 8.27. The molecule has 1 aromatic rings. The maximum atomic E-state index is 13.3. The molecule has 0 spiro atoms. The summed E-state index contributed by atoms with van der Waals surface area (Å²) in [5.74, 6) is 0.164. The van der Waals surface area contributed by atoms with Crippen molar-refractivity contribution in [2.24, 2.45) is 10.7 Å². The second-order valence-electron chi connectivity index (χ2n) is 4.15. The zero-order valence-electron chi connectivity index (χ0n) is 9.77. The number of aliphatic imine (C=N–C) groups is 1. The van der Waals surface area contributed by atoms with Crippen LogP contribution in [0.3, 0.4) is 0 Å². The number of aromatic nitrogens is 1. The summed E-state index contributed by atoms with van der Waals surface area (Å²) in [6.07, 6.45) is 5.10. The minimum absolute atomic E-state index is 0.203. The topological polar surface area (TPSA) is 54.5 Å². The van der Waals surface area contributed by atoms with Gasteiger partial charge in [0, 0.05) is 19.3 Å². The van der Waals surface area contributed by atoms with E-state index in [-0.39, 0.29) is 12.4 Å². The summed E-state index contributed by atoms with van der Waals surface area (Å²) < 4.78 is 13.3. The van der Waals surface area contributed by atoms with Gasteiger partial charge in [0.15, 0.2) is 5.96 Å². The Balaban J connectivity index is 1.97. The minimum Gasteiger partial charge on any atom is -0.370 e. The Morgan fingerprint density at radius 1 is 1.41 bits per heavy atom. The summed E-state index contributed by atoms with van der Waals surface area (Å²) in [5.41, 5.74) is 6.21. The van der Waals surface area contributed by atoms with Crippen LogP contribution < -0.4 is 5.73 Å². The van der Waals surface area contributed by atoms with E-state index in [0.29, 0.717) is 11.7 Å². The van der Waals surface area contributed by atoms with Crippen molar-refractivity contribution in [2.75, 3.05) is 13.1 Å². The van der Waals surface area contributed by atoms with Crippen molar-refractivity contribution in [1.29, 1.82) is 0 Å². The van der Waals surface area contributed by atoms with Gasteiger partial charge in [-0.2, -0.15) is 0 Å². The van der Waals surface area contributed by atoms with Crippen LogP contribution in [-0.4, -0.2) is 28.9 Å². The molecule has 92 valence electrons. The van der Waals surface area contributed by atoms with Gasteiger partial charge in [0.2, 0.25) is 0 Å². The molecular weight excluding hydrogens is 219 g/mol. The summed E-state index contributed by atoms with van der Waals surface area (Å²) >= 11 is 0. The summed E-state index contributed by atoms with van der Waals surface area (Å²) in [5, 5.41) is 0. The Hall–Kier alpha value is -1.65. The number of halogens is 1. The monoisotopic (exact) mass is 236 g/mol. The van der Waals surface area contributed by atoms with Crippen molar-refractivity contribution in [3.8, 4) is 0 Å². The highest BCUT2D eigenvalue weighted by Crippen LogP contribution is 2.09. The number of rotatable bonds is 2. The van der Waals surface area contributed by atoms with Gasteiger partial charge in [-0.1, -0.05) is 0 Å². The van der Waals surface area contributed by atoms with Crippen LogP contribution in [0.15, 0.2) is 23.3 Å². The Morgan fingerprint density at radius 2 is 2.18 bits per heavy atom. The lowest BCUT2D eigenvalue weighted by atomic mass is 10.1. The fourth-order valence-corrected chi connectivity index (χ4v) is 1.91. The molecule has 1 aliphatic heterocycles. The molecule has 5 heteroatoms. The highest BCUT2D eigenvalue weighted by atomic mass is 19.1. The molecule has 1 aliphatic rings. The largest absolute Gasteiger partial charge is 0.370 e. The van der Waals surface area contributed by atoms with Gasteiger partial charge in [-0.05, 0) is 31.4 Å². The van der Waals surface area contributed by atoms with E-state index >= 15 is 0 Å². The van der Waals surface area contributed by atoms with E-state index in [0.717, 1.165) is 25.9 Å². The third-order valence-corrected chi connectivity index (χ3v) is 2.91. The molecule has 0 radical (unpaired) electrons. The number of hydrogen-bond acceptors (Lipinski definition) is 2. The Bertz CT molecular complexity index is 399. The SMILES string of the molecule is NC(=NCc1ncccc1F)N1CCCCC1. The molecule has 0 bridgehead atoms. The zero-order valence-corrected chi connectivity index (χ0v) is 9.77. The summed E-state index contributed by atoms with van der Waals surface area (Å²) in [7, 11) is 0. The molecule has 0 aromatic carbocycles. The number of nitrogens with two attached hydrogens (primary N) is 1. The minimum atomic E-state index is -0.331. The maximum Gasteiger partial charge on any atom is 0.191 e. The van der Waals surface area contributed by atoms with Crippen molar-refractivity contribution in [3.63, 3.8) is 0 Å². The molecule has 2 N–H and O–H groups in total. The molecule has 2 heterocycles. The average molecular weight is 236 g/mol. The zero-order chi connectivity index (χ0) is 12.1. The first-order valence-electron chi connectivity index (χ1n) is 5.91. The van der Waals surface area contributed by atoms with Gasteiger partial charge in [0.1, 0.15) is 5.82 Å². The maximum absolute atomic E-state index is 13.3. The highest BCUT2D eigenvalue weighted by Gasteiger charge is 2.12. The van der Waals surface area contributed by atoms with Crippen LogP contribution >= 0.6 is 0 Å². The van der Waals surface area contributed by atoms with Crippen molar-refractivity contribution in [2.45, 2.75) is 25.8 Å². The van der Waals surface area contributed by atoms with Gasteiger partial charge in [0.05, 0.1) is 12.2 Å². The fourth-order valence-electron chi connectivity index (χ4n) is 1.91. The van der Waals surface area contributed by atoms with Gasteiger partial charge in [-0.25, -0.2) is 9.38 Å². The lowest BCUT2D eigenvalue weighted by molar-refractivity contribution is 0.338. The Morgan fingerprint density at radius 3 is 2.88 bits per heavy atom. The lowest BCUT2D eigenvalue weighted by Crippen LogP contribution is -2.40. The molecule has 0 atom stereocenters. The van der Waals surface area contributed by atoms with Crippen LogP contribution in [0.2, 0.25) is 0 Å². The number of piperidine rings is 1. The van der Waals surface area contributed by atoms with Crippen LogP contribution in [-0.2, 0) is 6.54 Å². The number of pyridine rings is 1. The molecule has 0 saturated carbocycles. The summed E-state index contributed by atoms with van der Waals surface area (Å²) in [4.78, 5) is 10.2. The second-order valence-corrected chi connectivity index (χ2v) is 4.15. The van der Waals surface area contributed by atoms with E-state index in [1.165, 1.54) is 12.5 Å². The van der Waals surface area contributed by atoms with E-state index in [1.54, 1.807) is 12.3 Å². The molecule has 17 heavy (non-hydrogen) atoms. The third-order valence-electron chi connectivity index (χ3n) is 2.91. The van der Waals surface area contributed by atoms with Gasteiger partial charge in [-0.3, -0.25) is 4.98 Å². The van der Waals surface area contributed by atoms with Crippen molar-refractivity contribution < 1.29 is 4.39 Å². The van der Waals surface area contributed by atoms with Crippen LogP contribution in [0.1, 0.15) is 25.0 Å². The third kappa shape index (κ3) is 3.15. The number of nitrogens with zero attached hydrogens (tertiary/aromatic N) is 3. The molecule has 1 aromatic heterocycles. The first-order valence-corrected chi connectivity index (χ1v) is 5.91. The van der Waals surface area contributed by atoms with Gasteiger partial charge in [-0.15, -0.1) is 0 Å². The normalized spacial score (nSPS) is 17.2. The smallest absolute Gasteiger partial charge is 0.191 e. The van der Waals surface area contributed by atoms with E-state index < -0.39 is 0 Å². The molecule has 1 fully saturated rings.